The first-order valence-electron chi connectivity index (χ1n) is 5.77. The van der Waals surface area contributed by atoms with Gasteiger partial charge < -0.3 is 9.67 Å². The average Bonchev–Trinajstić information content (AvgIpc) is 2.62. The Hall–Kier alpha value is -0.900. The van der Waals surface area contributed by atoms with Gasteiger partial charge in [-0.25, -0.2) is 0 Å². The summed E-state index contributed by atoms with van der Waals surface area (Å²) >= 11 is 0. The standard InChI is InChI=1S/C11H21N3O/c1-4-6-9(3)11-13-12-10(8-15)14(11)7-5-2/h9,15H,4-8H2,1-3H3. The van der Waals surface area contributed by atoms with Crippen LogP contribution in [0.15, 0.2) is 0 Å². The third-order valence-electron chi connectivity index (χ3n) is 2.61. The molecule has 1 heterocycles. The molecule has 1 aromatic rings. The Labute approximate surface area is 91.3 Å². The molecule has 0 spiro atoms. The highest BCUT2D eigenvalue weighted by molar-refractivity contribution is 5.00. The predicted octanol–water partition coefficient (Wildman–Crippen LogP) is 2.08. The normalized spacial score (nSPS) is 13.1. The van der Waals surface area contributed by atoms with Crippen molar-refractivity contribution < 1.29 is 5.11 Å². The van der Waals surface area contributed by atoms with Crippen molar-refractivity contribution in [1.82, 2.24) is 14.8 Å². The van der Waals surface area contributed by atoms with E-state index in [1.54, 1.807) is 0 Å². The van der Waals surface area contributed by atoms with E-state index in [1.165, 1.54) is 0 Å². The van der Waals surface area contributed by atoms with Crippen molar-refractivity contribution >= 4 is 0 Å². The molecule has 0 radical (unpaired) electrons. The Bertz CT molecular complexity index is 296. The first kappa shape index (κ1) is 12.2. The van der Waals surface area contributed by atoms with Crippen molar-refractivity contribution in [3.63, 3.8) is 0 Å². The van der Waals surface area contributed by atoms with Crippen LogP contribution in [0, 0.1) is 0 Å². The lowest BCUT2D eigenvalue weighted by Gasteiger charge is -2.12. The van der Waals surface area contributed by atoms with E-state index < -0.39 is 0 Å². The van der Waals surface area contributed by atoms with E-state index in [0.29, 0.717) is 11.7 Å². The number of aliphatic hydroxyl groups excluding tert-OH is 1. The Morgan fingerprint density at radius 1 is 1.27 bits per heavy atom. The molecule has 1 N–H and O–H groups in total. The molecule has 0 fully saturated rings. The molecule has 1 rings (SSSR count). The molecule has 0 amide bonds. The van der Waals surface area contributed by atoms with Crippen LogP contribution >= 0.6 is 0 Å². The molecule has 4 nitrogen and oxygen atoms in total. The second-order valence-electron chi connectivity index (χ2n) is 3.97. The molecule has 15 heavy (non-hydrogen) atoms. The van der Waals surface area contributed by atoms with E-state index in [-0.39, 0.29) is 6.61 Å². The lowest BCUT2D eigenvalue weighted by molar-refractivity contribution is 0.263. The first-order chi connectivity index (χ1) is 7.24. The van der Waals surface area contributed by atoms with Crippen molar-refractivity contribution in [3.05, 3.63) is 11.6 Å². The summed E-state index contributed by atoms with van der Waals surface area (Å²) in [6, 6.07) is 0. The molecule has 0 saturated carbocycles. The van der Waals surface area contributed by atoms with Crippen molar-refractivity contribution in [2.45, 2.75) is 59.1 Å². The maximum atomic E-state index is 9.15. The molecular weight excluding hydrogens is 190 g/mol. The quantitative estimate of drug-likeness (QED) is 0.783. The van der Waals surface area contributed by atoms with Gasteiger partial charge >= 0.3 is 0 Å². The first-order valence-corrected chi connectivity index (χ1v) is 5.77. The van der Waals surface area contributed by atoms with Gasteiger partial charge in [-0.2, -0.15) is 0 Å². The van der Waals surface area contributed by atoms with Crippen LogP contribution in [0.3, 0.4) is 0 Å². The van der Waals surface area contributed by atoms with E-state index >= 15 is 0 Å². The molecule has 4 heteroatoms. The molecule has 0 aliphatic carbocycles. The highest BCUT2D eigenvalue weighted by atomic mass is 16.3. The maximum Gasteiger partial charge on any atom is 0.158 e. The van der Waals surface area contributed by atoms with Gasteiger partial charge in [0, 0.05) is 12.5 Å². The smallest absolute Gasteiger partial charge is 0.158 e. The topological polar surface area (TPSA) is 50.9 Å². The maximum absolute atomic E-state index is 9.15. The van der Waals surface area contributed by atoms with Gasteiger partial charge in [-0.15, -0.1) is 10.2 Å². The summed E-state index contributed by atoms with van der Waals surface area (Å²) < 4.78 is 2.06. The number of nitrogens with zero attached hydrogens (tertiary/aromatic N) is 3. The van der Waals surface area contributed by atoms with Gasteiger partial charge in [-0.1, -0.05) is 27.2 Å². The summed E-state index contributed by atoms with van der Waals surface area (Å²) in [5.74, 6) is 2.13. The molecule has 1 aromatic heterocycles. The van der Waals surface area contributed by atoms with Gasteiger partial charge in [0.25, 0.3) is 0 Å². The molecule has 1 atom stereocenters. The van der Waals surface area contributed by atoms with Gasteiger partial charge in [0.1, 0.15) is 12.4 Å². The second-order valence-corrected chi connectivity index (χ2v) is 3.97. The van der Waals surface area contributed by atoms with Crippen LogP contribution < -0.4 is 0 Å². The number of hydrogen-bond acceptors (Lipinski definition) is 3. The van der Waals surface area contributed by atoms with Gasteiger partial charge in [0.15, 0.2) is 5.82 Å². The van der Waals surface area contributed by atoms with E-state index in [2.05, 4.69) is 35.5 Å². The summed E-state index contributed by atoms with van der Waals surface area (Å²) in [5, 5.41) is 17.3. The fourth-order valence-electron chi connectivity index (χ4n) is 1.86. The Kier molecular flexibility index (Phi) is 4.75. The Morgan fingerprint density at radius 2 is 2.00 bits per heavy atom. The molecule has 86 valence electrons. The zero-order valence-corrected chi connectivity index (χ0v) is 9.90. The summed E-state index contributed by atoms with van der Waals surface area (Å²) in [5.41, 5.74) is 0. The van der Waals surface area contributed by atoms with Crippen LogP contribution in [0.5, 0.6) is 0 Å². The monoisotopic (exact) mass is 211 g/mol. The minimum absolute atomic E-state index is 0.0220. The summed E-state index contributed by atoms with van der Waals surface area (Å²) in [7, 11) is 0. The zero-order chi connectivity index (χ0) is 11.3. The molecular formula is C11H21N3O. The number of aromatic nitrogens is 3. The SMILES string of the molecule is CCCC(C)c1nnc(CO)n1CCC. The molecule has 0 aliphatic heterocycles. The van der Waals surface area contributed by atoms with Crippen molar-refractivity contribution in [1.29, 1.82) is 0 Å². The number of hydrogen-bond donors (Lipinski definition) is 1. The number of rotatable bonds is 6. The highest BCUT2D eigenvalue weighted by Crippen LogP contribution is 2.19. The lowest BCUT2D eigenvalue weighted by atomic mass is 10.1. The summed E-state index contributed by atoms with van der Waals surface area (Å²) in [6.07, 6.45) is 3.30. The summed E-state index contributed by atoms with van der Waals surface area (Å²) in [6.45, 7) is 7.33. The summed E-state index contributed by atoms with van der Waals surface area (Å²) in [4.78, 5) is 0. The van der Waals surface area contributed by atoms with Gasteiger partial charge in [-0.05, 0) is 12.8 Å². The zero-order valence-electron chi connectivity index (χ0n) is 9.90. The Balaban J connectivity index is 2.90. The highest BCUT2D eigenvalue weighted by Gasteiger charge is 2.15. The molecule has 0 bridgehead atoms. The number of aliphatic hydroxyl groups is 1. The second kappa shape index (κ2) is 5.85. The van der Waals surface area contributed by atoms with E-state index in [0.717, 1.165) is 31.6 Å². The molecule has 0 saturated heterocycles. The van der Waals surface area contributed by atoms with E-state index in [1.807, 2.05) is 0 Å². The molecule has 1 unspecified atom stereocenters. The van der Waals surface area contributed by atoms with Crippen LogP contribution in [-0.2, 0) is 13.2 Å². The van der Waals surface area contributed by atoms with E-state index in [9.17, 15) is 0 Å². The van der Waals surface area contributed by atoms with Crippen LogP contribution in [0.2, 0.25) is 0 Å². The minimum Gasteiger partial charge on any atom is -0.388 e. The van der Waals surface area contributed by atoms with Gasteiger partial charge in [0.2, 0.25) is 0 Å². The van der Waals surface area contributed by atoms with Crippen LogP contribution in [0.1, 0.15) is 57.6 Å². The van der Waals surface area contributed by atoms with Crippen molar-refractivity contribution in [2.75, 3.05) is 0 Å². The van der Waals surface area contributed by atoms with Crippen LogP contribution in [0.4, 0.5) is 0 Å². The minimum atomic E-state index is -0.0220. The van der Waals surface area contributed by atoms with Gasteiger partial charge in [0.05, 0.1) is 0 Å². The van der Waals surface area contributed by atoms with E-state index in [4.69, 9.17) is 5.11 Å². The average molecular weight is 211 g/mol. The van der Waals surface area contributed by atoms with Crippen LogP contribution in [0.25, 0.3) is 0 Å². The fraction of sp³-hybridized carbons (Fsp3) is 0.818. The lowest BCUT2D eigenvalue weighted by Crippen LogP contribution is -2.10. The van der Waals surface area contributed by atoms with Crippen LogP contribution in [-0.4, -0.2) is 19.9 Å². The van der Waals surface area contributed by atoms with Crippen molar-refractivity contribution in [3.8, 4) is 0 Å². The largest absolute Gasteiger partial charge is 0.388 e. The molecule has 0 aliphatic rings. The van der Waals surface area contributed by atoms with Gasteiger partial charge in [-0.3, -0.25) is 0 Å². The molecule has 0 aromatic carbocycles. The predicted molar refractivity (Wildman–Crippen MR) is 59.6 cm³/mol. The Morgan fingerprint density at radius 3 is 2.53 bits per heavy atom. The third-order valence-corrected chi connectivity index (χ3v) is 2.61. The van der Waals surface area contributed by atoms with Crippen molar-refractivity contribution in [2.24, 2.45) is 0 Å². The fourth-order valence-corrected chi connectivity index (χ4v) is 1.86. The third kappa shape index (κ3) is 2.78.